The van der Waals surface area contributed by atoms with Gasteiger partial charge in [-0.2, -0.15) is 5.26 Å². The molecule has 0 spiro atoms. The Morgan fingerprint density at radius 2 is 1.91 bits per heavy atom. The smallest absolute Gasteiger partial charge is 0.407 e. The fourth-order valence-corrected chi connectivity index (χ4v) is 5.43. The lowest BCUT2D eigenvalue weighted by molar-refractivity contribution is 0.119. The maximum atomic E-state index is 11.6. The second kappa shape index (κ2) is 9.16. The summed E-state index contributed by atoms with van der Waals surface area (Å²) in [6.07, 6.45) is -0.170. The first-order chi connectivity index (χ1) is 16.5. The first-order valence-electron chi connectivity index (χ1n) is 11.0. The molecule has 2 aromatic carbocycles. The van der Waals surface area contributed by atoms with Crippen molar-refractivity contribution in [3.63, 3.8) is 0 Å². The molecule has 0 radical (unpaired) electrons. The first kappa shape index (κ1) is 22.5. The first-order valence-corrected chi connectivity index (χ1v) is 11.8. The molecule has 2 aliphatic rings. The van der Waals surface area contributed by atoms with Crippen molar-refractivity contribution in [3.8, 4) is 6.07 Å². The van der Waals surface area contributed by atoms with Gasteiger partial charge in [0.2, 0.25) is 5.28 Å². The van der Waals surface area contributed by atoms with Crippen LogP contribution in [-0.4, -0.2) is 58.3 Å². The molecule has 5 rings (SSSR count). The molecule has 1 unspecified atom stereocenters. The van der Waals surface area contributed by atoms with Gasteiger partial charge in [0.1, 0.15) is 5.82 Å². The number of piperazine rings is 1. The van der Waals surface area contributed by atoms with Gasteiger partial charge in [0.15, 0.2) is 0 Å². The van der Waals surface area contributed by atoms with Crippen molar-refractivity contribution in [1.29, 1.82) is 5.26 Å². The zero-order valence-corrected chi connectivity index (χ0v) is 19.8. The monoisotopic (exact) mass is 496 g/mol. The van der Waals surface area contributed by atoms with Crippen molar-refractivity contribution in [1.82, 2.24) is 14.9 Å². The Morgan fingerprint density at radius 1 is 1.12 bits per heavy atom. The minimum atomic E-state index is -1.01. The van der Waals surface area contributed by atoms with Crippen LogP contribution >= 0.6 is 23.2 Å². The molecule has 2 aliphatic heterocycles. The number of hydrogen-bond acceptors (Lipinski definition) is 6. The van der Waals surface area contributed by atoms with E-state index in [-0.39, 0.29) is 11.7 Å². The predicted octanol–water partition coefficient (Wildman–Crippen LogP) is 4.58. The van der Waals surface area contributed by atoms with Crippen LogP contribution in [-0.2, 0) is 13.0 Å². The highest BCUT2D eigenvalue weighted by Gasteiger charge is 2.33. The molecule has 34 heavy (non-hydrogen) atoms. The van der Waals surface area contributed by atoms with Crippen molar-refractivity contribution < 1.29 is 9.90 Å². The minimum absolute atomic E-state index is 0.124. The summed E-state index contributed by atoms with van der Waals surface area (Å²) < 4.78 is 0. The van der Waals surface area contributed by atoms with Crippen LogP contribution in [0.1, 0.15) is 17.7 Å². The van der Waals surface area contributed by atoms with Crippen LogP contribution in [0.2, 0.25) is 10.3 Å². The normalized spacial score (nSPS) is 18.0. The molecule has 3 aromatic rings. The van der Waals surface area contributed by atoms with Crippen molar-refractivity contribution in [2.75, 3.05) is 36.0 Å². The van der Waals surface area contributed by atoms with Crippen LogP contribution in [0.15, 0.2) is 36.4 Å². The molecule has 0 aliphatic carbocycles. The van der Waals surface area contributed by atoms with Crippen LogP contribution in [0.25, 0.3) is 10.8 Å². The van der Waals surface area contributed by atoms with Crippen molar-refractivity contribution in [2.45, 2.75) is 25.4 Å². The highest BCUT2D eigenvalue weighted by molar-refractivity contribution is 6.36. The maximum absolute atomic E-state index is 11.6. The van der Waals surface area contributed by atoms with Crippen LogP contribution in [0.5, 0.6) is 0 Å². The van der Waals surface area contributed by atoms with Gasteiger partial charge in [-0.1, -0.05) is 35.9 Å². The van der Waals surface area contributed by atoms with E-state index in [2.05, 4.69) is 27.0 Å². The molecular weight excluding hydrogens is 475 g/mol. The van der Waals surface area contributed by atoms with E-state index in [0.717, 1.165) is 40.1 Å². The van der Waals surface area contributed by atoms with E-state index in [0.29, 0.717) is 37.6 Å². The minimum Gasteiger partial charge on any atom is -0.465 e. The molecule has 1 saturated heterocycles. The van der Waals surface area contributed by atoms with Gasteiger partial charge in [-0.05, 0) is 35.5 Å². The largest absolute Gasteiger partial charge is 0.465 e. The molecule has 1 fully saturated rings. The second-order valence-corrected chi connectivity index (χ2v) is 9.21. The van der Waals surface area contributed by atoms with Crippen molar-refractivity contribution >= 4 is 51.6 Å². The van der Waals surface area contributed by atoms with E-state index < -0.39 is 12.1 Å². The summed E-state index contributed by atoms with van der Waals surface area (Å²) in [4.78, 5) is 26.3. The zero-order chi connectivity index (χ0) is 23.8. The van der Waals surface area contributed by atoms with Gasteiger partial charge < -0.3 is 19.8 Å². The van der Waals surface area contributed by atoms with Gasteiger partial charge in [-0.25, -0.2) is 14.8 Å². The summed E-state index contributed by atoms with van der Waals surface area (Å²) in [5, 5.41) is 21.6. The van der Waals surface area contributed by atoms with E-state index in [1.807, 2.05) is 35.2 Å². The molecule has 1 aromatic heterocycles. The van der Waals surface area contributed by atoms with Crippen molar-refractivity contribution in [3.05, 3.63) is 58.0 Å². The van der Waals surface area contributed by atoms with E-state index in [9.17, 15) is 15.2 Å². The molecule has 1 N–H and O–H groups in total. The average molecular weight is 497 g/mol. The Labute approximate surface area is 206 Å². The van der Waals surface area contributed by atoms with E-state index in [4.69, 9.17) is 23.2 Å². The molecule has 10 heteroatoms. The Balaban J connectivity index is 1.47. The summed E-state index contributed by atoms with van der Waals surface area (Å²) in [7, 11) is 0. The summed E-state index contributed by atoms with van der Waals surface area (Å²) in [5.41, 5.74) is 2.92. The molecule has 0 saturated carbocycles. The number of nitrogens with zero attached hydrogens (tertiary/aromatic N) is 6. The Morgan fingerprint density at radius 3 is 2.68 bits per heavy atom. The number of hydrogen-bond donors (Lipinski definition) is 1. The van der Waals surface area contributed by atoms with Gasteiger partial charge in [-0.15, -0.1) is 0 Å². The van der Waals surface area contributed by atoms with E-state index >= 15 is 0 Å². The van der Waals surface area contributed by atoms with Crippen LogP contribution in [0, 0.1) is 11.3 Å². The number of carbonyl (C=O) groups is 1. The summed E-state index contributed by atoms with van der Waals surface area (Å²) in [5.74, 6) is 0.735. The molecule has 174 valence electrons. The van der Waals surface area contributed by atoms with Gasteiger partial charge in [0.05, 0.1) is 35.8 Å². The lowest BCUT2D eigenvalue weighted by atomic mass is 10.0. The van der Waals surface area contributed by atoms with Gasteiger partial charge >= 0.3 is 6.09 Å². The van der Waals surface area contributed by atoms with Gasteiger partial charge in [0, 0.05) is 42.8 Å². The predicted molar refractivity (Wildman–Crippen MR) is 132 cm³/mol. The topological polar surface area (TPSA) is 96.6 Å². The number of fused-ring (bicyclic) bond motifs is 2. The SMILES string of the molecule is N#CCC1CN(c2nc(Cl)nc3c2CCN(c2cccc4cccc(Cl)c24)C3)CCN1C(=O)O. The quantitative estimate of drug-likeness (QED) is 0.529. The molecule has 8 nitrogen and oxygen atoms in total. The Bertz CT molecular complexity index is 1310. The molecule has 1 amide bonds. The summed E-state index contributed by atoms with van der Waals surface area (Å²) in [6.45, 7) is 2.50. The second-order valence-electron chi connectivity index (χ2n) is 8.47. The van der Waals surface area contributed by atoms with Gasteiger partial charge in [0.25, 0.3) is 0 Å². The highest BCUT2D eigenvalue weighted by atomic mass is 35.5. The number of nitriles is 1. The number of anilines is 2. The number of carboxylic acid groups (broad SMARTS) is 1. The molecular formula is C24H22Cl2N6O2. The fourth-order valence-electron chi connectivity index (χ4n) is 4.97. The average Bonchev–Trinajstić information content (AvgIpc) is 2.83. The number of amides is 1. The fraction of sp³-hybridized carbons (Fsp3) is 0.333. The highest BCUT2D eigenvalue weighted by Crippen LogP contribution is 2.37. The lowest BCUT2D eigenvalue weighted by Gasteiger charge is -2.41. The van der Waals surface area contributed by atoms with Crippen LogP contribution < -0.4 is 9.80 Å². The summed E-state index contributed by atoms with van der Waals surface area (Å²) >= 11 is 12.9. The molecule has 1 atom stereocenters. The van der Waals surface area contributed by atoms with E-state index in [1.54, 1.807) is 0 Å². The number of benzene rings is 2. The van der Waals surface area contributed by atoms with Crippen LogP contribution in [0.3, 0.4) is 0 Å². The third-order valence-corrected chi connectivity index (χ3v) is 7.03. The lowest BCUT2D eigenvalue weighted by Crippen LogP contribution is -2.55. The standard InChI is InChI=1S/C24H22Cl2N6O2/c25-18-5-1-3-15-4-2-6-20(21(15)18)30-10-8-17-19(14-30)28-23(26)29-22(17)31-11-12-32(24(33)34)16(13-31)7-9-27/h1-6,16H,7-8,10-14H2,(H,33,34). The number of halogens is 2. The van der Waals surface area contributed by atoms with Gasteiger partial charge in [-0.3, -0.25) is 0 Å². The van der Waals surface area contributed by atoms with E-state index in [1.165, 1.54) is 4.90 Å². The zero-order valence-electron chi connectivity index (χ0n) is 18.3. The molecule has 3 heterocycles. The Hall–Kier alpha value is -3.28. The number of aromatic nitrogens is 2. The summed E-state index contributed by atoms with van der Waals surface area (Å²) in [6, 6.07) is 13.7. The van der Waals surface area contributed by atoms with Crippen molar-refractivity contribution in [2.24, 2.45) is 0 Å². The third-order valence-electron chi connectivity index (χ3n) is 6.54. The third kappa shape index (κ3) is 4.06. The maximum Gasteiger partial charge on any atom is 0.407 e. The van der Waals surface area contributed by atoms with Crippen LogP contribution in [0.4, 0.5) is 16.3 Å². The Kier molecular flexibility index (Phi) is 6.07. The number of rotatable bonds is 3. The molecule has 0 bridgehead atoms.